The number of aliphatic hydroxyl groups excluding tert-OH is 2. The van der Waals surface area contributed by atoms with Gasteiger partial charge in [-0.05, 0) is 19.8 Å². The van der Waals surface area contributed by atoms with Crippen LogP contribution in [0.2, 0.25) is 0 Å². The lowest BCUT2D eigenvalue weighted by Crippen LogP contribution is -2.42. The number of anilines is 1. The average Bonchev–Trinajstić information content (AvgIpc) is 3.59. The summed E-state index contributed by atoms with van der Waals surface area (Å²) < 4.78 is 18.0. The second kappa shape index (κ2) is 9.84. The molecule has 4 atom stereocenters. The minimum Gasteiger partial charge on any atom is -0.450 e. The van der Waals surface area contributed by atoms with Crippen LogP contribution in [-0.4, -0.2) is 88.8 Å². The van der Waals surface area contributed by atoms with Crippen molar-refractivity contribution >= 4 is 23.1 Å². The van der Waals surface area contributed by atoms with E-state index in [1.165, 1.54) is 12.7 Å². The van der Waals surface area contributed by atoms with E-state index < -0.39 is 24.5 Å². The molecular weight excluding hydrogens is 484 g/mol. The van der Waals surface area contributed by atoms with Crippen LogP contribution in [0.3, 0.4) is 0 Å². The van der Waals surface area contributed by atoms with Gasteiger partial charge in [0.05, 0.1) is 12.9 Å². The zero-order valence-electron chi connectivity index (χ0n) is 21.2. The third-order valence-electron chi connectivity index (χ3n) is 6.57. The van der Waals surface area contributed by atoms with Crippen LogP contribution < -0.4 is 5.32 Å². The molecule has 0 aromatic carbocycles. The van der Waals surface area contributed by atoms with E-state index in [9.17, 15) is 15.0 Å². The van der Waals surface area contributed by atoms with E-state index in [4.69, 9.17) is 14.0 Å². The fourth-order valence-corrected chi connectivity index (χ4v) is 4.52. The normalized spacial score (nSPS) is 25.1. The van der Waals surface area contributed by atoms with Crippen molar-refractivity contribution in [1.29, 1.82) is 0 Å². The summed E-state index contributed by atoms with van der Waals surface area (Å²) in [6.45, 7) is 9.09. The third kappa shape index (κ3) is 4.83. The molecule has 14 heteroatoms. The molecule has 0 aliphatic carbocycles. The van der Waals surface area contributed by atoms with Crippen molar-refractivity contribution in [3.05, 3.63) is 24.4 Å². The van der Waals surface area contributed by atoms with Crippen LogP contribution >= 0.6 is 0 Å². The molecule has 0 spiro atoms. The number of hydrogen-bond donors (Lipinski definition) is 3. The minimum atomic E-state index is -1.28. The monoisotopic (exact) mass is 516 g/mol. The molecule has 0 saturated carbocycles. The van der Waals surface area contributed by atoms with Crippen molar-refractivity contribution in [2.24, 2.45) is 0 Å². The maximum atomic E-state index is 12.0. The van der Waals surface area contributed by atoms with Crippen LogP contribution in [0.4, 0.5) is 10.6 Å². The van der Waals surface area contributed by atoms with Gasteiger partial charge in [-0.2, -0.15) is 4.98 Å². The molecule has 5 heterocycles. The number of aliphatic hydroxyl groups is 2. The smallest absolute Gasteiger partial charge is 0.409 e. The number of ether oxygens (including phenoxy) is 2. The number of piperidine rings is 1. The fourth-order valence-electron chi connectivity index (χ4n) is 4.52. The Kier molecular flexibility index (Phi) is 6.72. The minimum absolute atomic E-state index is 0.0868. The van der Waals surface area contributed by atoms with E-state index in [2.05, 4.69) is 30.4 Å². The summed E-state index contributed by atoms with van der Waals surface area (Å²) in [6.07, 6.45) is -0.466. The maximum absolute atomic E-state index is 12.0. The quantitative estimate of drug-likeness (QED) is 0.447. The third-order valence-corrected chi connectivity index (χ3v) is 6.57. The number of rotatable bonds is 5. The molecule has 2 aliphatic heterocycles. The average molecular weight is 517 g/mol. The number of imidazole rings is 1. The molecule has 3 aromatic heterocycles. The van der Waals surface area contributed by atoms with E-state index >= 15 is 0 Å². The standard InChI is InChI=1S/C23H32N8O6/c1-5-35-22(34)30-8-6-12(7-9-30)27-17-13-19(25-10-24-17)31(11-26-13)20-15(33)14(32)16(36-20)18-28-21(37-29-18)23(2,3)4/h10-12,14-16,20,32-33H,5-9H2,1-4H3,(H,24,25,27)/t14-,15+,16-,20+/m0/s1. The number of hydrogen-bond acceptors (Lipinski definition) is 12. The fraction of sp³-hybridized carbons (Fsp3) is 0.652. The van der Waals surface area contributed by atoms with Gasteiger partial charge in [0.2, 0.25) is 11.7 Å². The van der Waals surface area contributed by atoms with Gasteiger partial charge >= 0.3 is 6.09 Å². The van der Waals surface area contributed by atoms with Crippen LogP contribution in [0.5, 0.6) is 0 Å². The second-order valence-electron chi connectivity index (χ2n) is 10.3. The lowest BCUT2D eigenvalue weighted by Gasteiger charge is -2.31. The van der Waals surface area contributed by atoms with Crippen molar-refractivity contribution in [3.63, 3.8) is 0 Å². The molecule has 0 radical (unpaired) electrons. The first-order valence-electron chi connectivity index (χ1n) is 12.4. The summed E-state index contributed by atoms with van der Waals surface area (Å²) >= 11 is 0. The summed E-state index contributed by atoms with van der Waals surface area (Å²) in [7, 11) is 0. The van der Waals surface area contributed by atoms with Gasteiger partial charge in [-0.3, -0.25) is 4.57 Å². The highest BCUT2D eigenvalue weighted by Crippen LogP contribution is 2.39. The predicted molar refractivity (Wildman–Crippen MR) is 128 cm³/mol. The van der Waals surface area contributed by atoms with Gasteiger partial charge in [0.15, 0.2) is 29.3 Å². The Bertz CT molecular complexity index is 1250. The number of aromatic nitrogens is 6. The SMILES string of the molecule is CCOC(=O)N1CCC(Nc2ncnc3c2ncn3[C@@H]2O[C@H](c3noc(C(C)(C)C)n3)[C@@H](O)[C@H]2O)CC1. The topological polar surface area (TPSA) is 174 Å². The van der Waals surface area contributed by atoms with Crippen LogP contribution in [0.1, 0.15) is 64.6 Å². The van der Waals surface area contributed by atoms with Gasteiger partial charge in [0, 0.05) is 24.5 Å². The number of nitrogens with zero attached hydrogens (tertiary/aromatic N) is 7. The Labute approximate surface area is 213 Å². The molecule has 2 aliphatic rings. The first-order chi connectivity index (χ1) is 17.7. The van der Waals surface area contributed by atoms with Crippen LogP contribution in [0, 0.1) is 0 Å². The van der Waals surface area contributed by atoms with Gasteiger partial charge < -0.3 is 34.4 Å². The largest absolute Gasteiger partial charge is 0.450 e. The first-order valence-corrected chi connectivity index (χ1v) is 12.4. The zero-order chi connectivity index (χ0) is 26.3. The summed E-state index contributed by atoms with van der Waals surface area (Å²) in [5.74, 6) is 1.10. The Hall–Kier alpha value is -3.36. The molecular formula is C23H32N8O6. The van der Waals surface area contributed by atoms with Gasteiger partial charge in [-0.1, -0.05) is 25.9 Å². The lowest BCUT2D eigenvalue weighted by atomic mass is 9.97. The highest BCUT2D eigenvalue weighted by Gasteiger charge is 2.47. The van der Waals surface area contributed by atoms with E-state index in [0.717, 1.165) is 12.8 Å². The highest BCUT2D eigenvalue weighted by molar-refractivity contribution is 5.82. The van der Waals surface area contributed by atoms with Crippen LogP contribution in [0.15, 0.2) is 17.2 Å². The molecule has 14 nitrogen and oxygen atoms in total. The number of likely N-dealkylation sites (tertiary alicyclic amines) is 1. The maximum Gasteiger partial charge on any atom is 0.409 e. The van der Waals surface area contributed by atoms with Crippen LogP contribution in [0.25, 0.3) is 11.2 Å². The van der Waals surface area contributed by atoms with Gasteiger partial charge in [0.25, 0.3) is 0 Å². The van der Waals surface area contributed by atoms with Gasteiger partial charge in [-0.25, -0.2) is 19.7 Å². The van der Waals surface area contributed by atoms with Crippen molar-refractivity contribution in [3.8, 4) is 0 Å². The summed E-state index contributed by atoms with van der Waals surface area (Å²) in [5.41, 5.74) is 0.559. The molecule has 1 amide bonds. The van der Waals surface area contributed by atoms with Crippen molar-refractivity contribution in [1.82, 2.24) is 34.6 Å². The molecule has 2 saturated heterocycles. The number of fused-ring (bicyclic) bond motifs is 1. The van der Waals surface area contributed by atoms with Crippen molar-refractivity contribution in [2.75, 3.05) is 25.0 Å². The molecule has 37 heavy (non-hydrogen) atoms. The van der Waals surface area contributed by atoms with Crippen molar-refractivity contribution in [2.45, 2.75) is 76.5 Å². The Morgan fingerprint density at radius 3 is 2.62 bits per heavy atom. The molecule has 200 valence electrons. The predicted octanol–water partition coefficient (Wildman–Crippen LogP) is 1.53. The molecule has 3 aromatic rings. The number of carbonyl (C=O) groups is 1. The van der Waals surface area contributed by atoms with Crippen LogP contribution in [-0.2, 0) is 14.9 Å². The summed E-state index contributed by atoms with van der Waals surface area (Å²) in [6, 6.07) is 0.0868. The molecule has 0 unspecified atom stereocenters. The van der Waals surface area contributed by atoms with E-state index in [1.807, 2.05) is 20.8 Å². The van der Waals surface area contributed by atoms with E-state index in [0.29, 0.717) is 42.6 Å². The summed E-state index contributed by atoms with van der Waals surface area (Å²) in [4.78, 5) is 31.2. The molecule has 5 rings (SSSR count). The zero-order valence-corrected chi connectivity index (χ0v) is 21.2. The van der Waals surface area contributed by atoms with Crippen molar-refractivity contribution < 1.29 is 29.0 Å². The second-order valence-corrected chi connectivity index (χ2v) is 10.3. The van der Waals surface area contributed by atoms with E-state index in [1.54, 1.807) is 16.4 Å². The molecule has 2 fully saturated rings. The van der Waals surface area contributed by atoms with Gasteiger partial charge in [-0.15, -0.1) is 0 Å². The Morgan fingerprint density at radius 1 is 1.19 bits per heavy atom. The Morgan fingerprint density at radius 2 is 1.95 bits per heavy atom. The number of amides is 1. The molecule has 3 N–H and O–H groups in total. The Balaban J connectivity index is 1.32. The molecule has 0 bridgehead atoms. The first kappa shape index (κ1) is 25.3. The van der Waals surface area contributed by atoms with Gasteiger partial charge in [0.1, 0.15) is 18.5 Å². The summed E-state index contributed by atoms with van der Waals surface area (Å²) in [5, 5.41) is 28.9. The highest BCUT2D eigenvalue weighted by atomic mass is 16.6. The lowest BCUT2D eigenvalue weighted by molar-refractivity contribution is -0.0388. The number of carbonyl (C=O) groups excluding carboxylic acids is 1. The number of nitrogens with one attached hydrogen (secondary N) is 1. The van der Waals surface area contributed by atoms with E-state index in [-0.39, 0.29) is 23.4 Å².